The average molecular weight is 1330 g/mol. The summed E-state index contributed by atoms with van der Waals surface area (Å²) < 4.78 is 91.8. The average Bonchev–Trinajstić information content (AvgIpc) is 0.859. The molecule has 2 rings (SSSR count). The number of unbranched alkanes of at least 4 members (excludes halogenated alkanes) is 33. The van der Waals surface area contributed by atoms with Crippen molar-refractivity contribution in [1.29, 1.82) is 0 Å². The fraction of sp³-hybridized carbons (Fsp3) is 0.956. The zero-order valence-electron chi connectivity index (χ0n) is 57.3. The van der Waals surface area contributed by atoms with E-state index in [0.29, 0.717) is 26.1 Å². The monoisotopic (exact) mass is 1330 g/mol. The summed E-state index contributed by atoms with van der Waals surface area (Å²) in [6.45, 7) is 8.17. The number of methoxy groups -OCH3 is 2. The van der Waals surface area contributed by atoms with E-state index in [4.69, 9.17) is 51.7 Å². The van der Waals surface area contributed by atoms with E-state index in [2.05, 4.69) is 45.2 Å². The van der Waals surface area contributed by atoms with Crippen molar-refractivity contribution < 1.29 is 90.3 Å². The molecule has 0 saturated carbocycles. The number of ether oxygens (including phenoxy) is 9. The molecule has 0 spiro atoms. The predicted octanol–water partition coefficient (Wildman–Crippen LogP) is 15.3. The predicted molar refractivity (Wildman–Crippen MR) is 355 cm³/mol. The summed E-state index contributed by atoms with van der Waals surface area (Å²) >= 11 is 0. The van der Waals surface area contributed by atoms with Crippen LogP contribution in [0.3, 0.4) is 0 Å². The van der Waals surface area contributed by atoms with Crippen LogP contribution in [0.25, 0.3) is 0 Å². The third kappa shape index (κ3) is 43.3. The van der Waals surface area contributed by atoms with E-state index in [9.17, 15) is 38.6 Å². The zero-order valence-corrected chi connectivity index (χ0v) is 59.1. The molecule has 2 aliphatic rings. The molecule has 0 aromatic rings. The number of rotatable bonds is 63. The Labute approximate surface area is 546 Å². The SMILES string of the molecule is CCCCCC/C=C\CCCCCCCCCC(=O)N[C@H]1[C@H](OC[C@H]2O[C@H](OCCOP(=O)(O)O)[C@H](OCCCCCCCCCCCC)[C@@H](OCCCCCCCCCCCC)[C@@H]2O)O[C@H](COC)[C@@H](OP(=O)(O)O)[C@@H]1OCC[C@@H](CCCCCCC)OC. The second-order valence-electron chi connectivity index (χ2n) is 25.3. The van der Waals surface area contributed by atoms with E-state index in [-0.39, 0.29) is 44.9 Å². The van der Waals surface area contributed by atoms with Crippen molar-refractivity contribution in [3.05, 3.63) is 12.2 Å². The molecule has 20 nitrogen and oxygen atoms in total. The highest BCUT2D eigenvalue weighted by Crippen LogP contribution is 2.43. The van der Waals surface area contributed by atoms with Crippen molar-refractivity contribution in [1.82, 2.24) is 5.32 Å². The number of phosphoric acid groups is 2. The van der Waals surface area contributed by atoms with Gasteiger partial charge in [0, 0.05) is 40.5 Å². The molecule has 6 N–H and O–H groups in total. The number of hydrogen-bond donors (Lipinski definition) is 6. The van der Waals surface area contributed by atoms with Crippen LogP contribution in [0.15, 0.2) is 12.2 Å². The quantitative estimate of drug-likeness (QED) is 0.0188. The molecule has 0 radical (unpaired) electrons. The minimum atomic E-state index is -5.22. The maximum atomic E-state index is 14.2. The van der Waals surface area contributed by atoms with Gasteiger partial charge >= 0.3 is 15.6 Å². The van der Waals surface area contributed by atoms with Gasteiger partial charge in [-0.3, -0.25) is 13.8 Å². The Bertz CT molecular complexity index is 1780. The molecule has 2 heterocycles. The molecule has 90 heavy (non-hydrogen) atoms. The van der Waals surface area contributed by atoms with Crippen LogP contribution in [-0.2, 0) is 65.6 Å². The summed E-state index contributed by atoms with van der Waals surface area (Å²) in [6.07, 6.45) is 37.0. The number of carbonyl (C=O) groups is 1. The molecule has 2 saturated heterocycles. The Hall–Kier alpha value is -0.970. The van der Waals surface area contributed by atoms with E-state index >= 15 is 0 Å². The van der Waals surface area contributed by atoms with Crippen LogP contribution >= 0.6 is 15.6 Å². The van der Waals surface area contributed by atoms with Crippen molar-refractivity contribution in [2.45, 2.75) is 358 Å². The number of aliphatic hydroxyl groups is 1. The van der Waals surface area contributed by atoms with Gasteiger partial charge in [-0.05, 0) is 57.8 Å². The topological polar surface area (TPSA) is 266 Å². The van der Waals surface area contributed by atoms with Gasteiger partial charge in [0.2, 0.25) is 5.91 Å². The Balaban J connectivity index is 2.45. The molecule has 11 atom stereocenters. The number of allylic oxidation sites excluding steroid dienone is 2. The number of carbonyl (C=O) groups excluding carboxylic acids is 1. The van der Waals surface area contributed by atoms with Gasteiger partial charge in [0.1, 0.15) is 48.8 Å². The summed E-state index contributed by atoms with van der Waals surface area (Å²) in [5.41, 5.74) is 0. The molecular formula is C68H133NO19P2. The minimum Gasteiger partial charge on any atom is -0.387 e. The number of amides is 1. The first-order chi connectivity index (χ1) is 43.6. The van der Waals surface area contributed by atoms with E-state index in [1.807, 2.05) is 0 Å². The normalized spacial score (nSPS) is 22.9. The number of aliphatic hydroxyl groups excluding tert-OH is 1. The molecule has 0 bridgehead atoms. The van der Waals surface area contributed by atoms with Crippen LogP contribution in [0.1, 0.15) is 291 Å². The number of phosphoric ester groups is 2. The molecule has 2 fully saturated rings. The molecule has 2 aliphatic heterocycles. The molecule has 0 aromatic carbocycles. The van der Waals surface area contributed by atoms with Gasteiger partial charge in [0.05, 0.1) is 32.5 Å². The lowest BCUT2D eigenvalue weighted by atomic mass is 9.95. The molecule has 534 valence electrons. The maximum absolute atomic E-state index is 14.2. The first-order valence-electron chi connectivity index (χ1n) is 36.1. The fourth-order valence-electron chi connectivity index (χ4n) is 11.9. The second kappa shape index (κ2) is 56.1. The summed E-state index contributed by atoms with van der Waals surface area (Å²) in [7, 11) is -6.99. The van der Waals surface area contributed by atoms with E-state index < -0.39 is 83.6 Å². The Morgan fingerprint density at radius 1 is 0.456 bits per heavy atom. The third-order valence-electron chi connectivity index (χ3n) is 17.2. The summed E-state index contributed by atoms with van der Waals surface area (Å²) in [5, 5.41) is 15.5. The number of hydrogen-bond acceptors (Lipinski definition) is 15. The largest absolute Gasteiger partial charge is 0.470 e. The molecule has 1 amide bonds. The second-order valence-corrected chi connectivity index (χ2v) is 27.7. The lowest BCUT2D eigenvalue weighted by Crippen LogP contribution is -2.67. The third-order valence-corrected chi connectivity index (χ3v) is 18.3. The number of nitrogens with one attached hydrogen (secondary N) is 1. The summed E-state index contributed by atoms with van der Waals surface area (Å²) in [4.78, 5) is 54.0. The molecule has 0 aliphatic carbocycles. The fourth-order valence-corrected chi connectivity index (χ4v) is 12.8. The van der Waals surface area contributed by atoms with Crippen LogP contribution in [0.5, 0.6) is 0 Å². The highest BCUT2D eigenvalue weighted by atomic mass is 31.2. The standard InChI is InChI=1S/C68H133NO19P2/c1-7-11-15-19-22-25-28-29-30-31-32-33-36-40-44-48-60(70)69-61-64(82-52-49-57(79-6)47-43-39-18-14-10-4)63(88-90(75,76)77)59(55-78-5)87-67(61)84-56-58-62(71)65(80-50-45-41-37-34-26-23-20-16-12-8-2)66(68(86-58)83-53-54-85-89(72,73)74)81-51-46-42-38-35-27-24-21-17-13-9-3/h25,28,57-59,61-68,71H,7-24,26-27,29-56H2,1-6H3,(H,69,70)(H2,72,73,74)(H2,75,76,77)/b28-25-/t57-,58-,59-,61-,62-,63-,64-,65+,66-,67-,68+/m1/s1. The van der Waals surface area contributed by atoms with Gasteiger partial charge in [-0.15, -0.1) is 0 Å². The molecular weight excluding hydrogens is 1200 g/mol. The van der Waals surface area contributed by atoms with Crippen LogP contribution in [0.4, 0.5) is 0 Å². The van der Waals surface area contributed by atoms with Crippen LogP contribution in [0.2, 0.25) is 0 Å². The van der Waals surface area contributed by atoms with E-state index in [1.54, 1.807) is 7.11 Å². The first-order valence-corrected chi connectivity index (χ1v) is 39.2. The minimum absolute atomic E-state index is 0.0705. The van der Waals surface area contributed by atoms with Crippen LogP contribution in [-0.4, -0.2) is 159 Å². The van der Waals surface area contributed by atoms with E-state index in [1.165, 1.54) is 110 Å². The smallest absolute Gasteiger partial charge is 0.387 e. The first kappa shape index (κ1) is 85.1. The van der Waals surface area contributed by atoms with Gasteiger partial charge < -0.3 is 72.6 Å². The zero-order chi connectivity index (χ0) is 65.8. The van der Waals surface area contributed by atoms with E-state index in [0.717, 1.165) is 141 Å². The highest BCUT2D eigenvalue weighted by Gasteiger charge is 2.53. The Morgan fingerprint density at radius 3 is 1.41 bits per heavy atom. The maximum Gasteiger partial charge on any atom is 0.470 e. The van der Waals surface area contributed by atoms with Crippen molar-refractivity contribution in [2.24, 2.45) is 0 Å². The van der Waals surface area contributed by atoms with Gasteiger partial charge in [-0.2, -0.15) is 0 Å². The Kier molecular flexibility index (Phi) is 53.0. The summed E-state index contributed by atoms with van der Waals surface area (Å²) in [5.74, 6) is -0.350. The van der Waals surface area contributed by atoms with Crippen molar-refractivity contribution in [2.75, 3.05) is 60.5 Å². The lowest BCUT2D eigenvalue weighted by molar-refractivity contribution is -0.331. The molecule has 0 unspecified atom stereocenters. The van der Waals surface area contributed by atoms with Crippen molar-refractivity contribution >= 4 is 21.6 Å². The van der Waals surface area contributed by atoms with Crippen molar-refractivity contribution in [3.63, 3.8) is 0 Å². The highest BCUT2D eigenvalue weighted by molar-refractivity contribution is 7.46. The van der Waals surface area contributed by atoms with Crippen LogP contribution in [0, 0.1) is 0 Å². The van der Waals surface area contributed by atoms with Gasteiger partial charge in [-0.1, -0.05) is 239 Å². The Morgan fingerprint density at radius 2 is 0.911 bits per heavy atom. The summed E-state index contributed by atoms with van der Waals surface area (Å²) in [6, 6.07) is -1.21. The van der Waals surface area contributed by atoms with Gasteiger partial charge in [0.25, 0.3) is 0 Å². The molecule has 0 aromatic heterocycles. The molecule has 22 heteroatoms. The van der Waals surface area contributed by atoms with Gasteiger partial charge in [0.15, 0.2) is 12.6 Å². The lowest BCUT2D eigenvalue weighted by Gasteiger charge is -2.47. The van der Waals surface area contributed by atoms with Crippen molar-refractivity contribution in [3.8, 4) is 0 Å². The van der Waals surface area contributed by atoms with Crippen LogP contribution < -0.4 is 5.32 Å². The van der Waals surface area contributed by atoms with Gasteiger partial charge in [-0.25, -0.2) is 9.13 Å².